The molecule has 0 unspecified atom stereocenters. The van der Waals surface area contributed by atoms with Crippen LogP contribution in [0, 0.1) is 0 Å². The highest BCUT2D eigenvalue weighted by Gasteiger charge is 2.09. The number of methoxy groups -OCH3 is 1. The minimum absolute atomic E-state index is 0.205. The normalized spacial score (nSPS) is 10.4. The third-order valence-corrected chi connectivity index (χ3v) is 2.88. The van der Waals surface area contributed by atoms with Crippen LogP contribution < -0.4 is 10.5 Å². The van der Waals surface area contributed by atoms with Gasteiger partial charge in [-0.1, -0.05) is 12.1 Å². The third-order valence-electron chi connectivity index (χ3n) is 2.88. The van der Waals surface area contributed by atoms with E-state index in [1.54, 1.807) is 19.4 Å². The van der Waals surface area contributed by atoms with Crippen LogP contribution >= 0.6 is 0 Å². The zero-order chi connectivity index (χ0) is 13.9. The number of nitrogen functional groups attached to an aromatic ring is 1. The van der Waals surface area contributed by atoms with Crippen molar-refractivity contribution < 1.29 is 9.15 Å². The highest BCUT2D eigenvalue weighted by atomic mass is 16.5. The smallest absolute Gasteiger partial charge is 0.221 e. The van der Waals surface area contributed by atoms with Gasteiger partial charge in [0, 0.05) is 5.56 Å². The first-order chi connectivity index (χ1) is 9.76. The number of rotatable bonds is 3. The number of nitrogens with zero attached hydrogens (tertiary/aromatic N) is 2. The van der Waals surface area contributed by atoms with E-state index >= 15 is 0 Å². The maximum atomic E-state index is 5.78. The molecule has 0 bridgehead atoms. The Morgan fingerprint density at radius 3 is 2.65 bits per heavy atom. The fourth-order valence-electron chi connectivity index (χ4n) is 1.95. The van der Waals surface area contributed by atoms with Crippen molar-refractivity contribution >= 4 is 5.95 Å². The lowest BCUT2D eigenvalue weighted by atomic mass is 10.1. The van der Waals surface area contributed by atoms with Crippen LogP contribution in [-0.2, 0) is 0 Å². The Kier molecular flexibility index (Phi) is 3.09. The Balaban J connectivity index is 2.09. The Labute approximate surface area is 116 Å². The average molecular weight is 267 g/mol. The highest BCUT2D eigenvalue weighted by Crippen LogP contribution is 2.26. The lowest BCUT2D eigenvalue weighted by Gasteiger charge is -2.06. The van der Waals surface area contributed by atoms with Gasteiger partial charge >= 0.3 is 0 Å². The van der Waals surface area contributed by atoms with E-state index in [1.165, 1.54) is 0 Å². The topological polar surface area (TPSA) is 74.2 Å². The maximum absolute atomic E-state index is 5.78. The Morgan fingerprint density at radius 2 is 1.90 bits per heavy atom. The van der Waals surface area contributed by atoms with Crippen LogP contribution in [-0.4, -0.2) is 17.1 Å². The van der Waals surface area contributed by atoms with Gasteiger partial charge in [-0.3, -0.25) is 0 Å². The average Bonchev–Trinajstić information content (AvgIpc) is 3.01. The summed E-state index contributed by atoms with van der Waals surface area (Å²) in [6, 6.07) is 13.1. The molecule has 2 heterocycles. The molecule has 0 aliphatic heterocycles. The van der Waals surface area contributed by atoms with Gasteiger partial charge in [-0.15, -0.1) is 0 Å². The summed E-state index contributed by atoms with van der Waals surface area (Å²) >= 11 is 0. The van der Waals surface area contributed by atoms with E-state index in [0.717, 1.165) is 17.0 Å². The van der Waals surface area contributed by atoms with Crippen LogP contribution in [0.2, 0.25) is 0 Å². The molecule has 5 nitrogen and oxygen atoms in total. The summed E-state index contributed by atoms with van der Waals surface area (Å²) in [5, 5.41) is 0. The number of aromatic nitrogens is 2. The molecule has 3 aromatic rings. The minimum Gasteiger partial charge on any atom is -0.497 e. The molecule has 0 saturated carbocycles. The number of benzene rings is 1. The van der Waals surface area contributed by atoms with Crippen LogP contribution in [0.25, 0.3) is 22.7 Å². The summed E-state index contributed by atoms with van der Waals surface area (Å²) in [6.45, 7) is 0. The SMILES string of the molecule is COc1cccc(-c2cc(-c3ccco3)nc(N)n2)c1. The second kappa shape index (κ2) is 5.05. The van der Waals surface area contributed by atoms with E-state index in [0.29, 0.717) is 11.5 Å². The van der Waals surface area contributed by atoms with Crippen molar-refractivity contribution in [3.8, 4) is 28.5 Å². The molecule has 0 atom stereocenters. The van der Waals surface area contributed by atoms with Gasteiger partial charge in [0.1, 0.15) is 11.4 Å². The van der Waals surface area contributed by atoms with Crippen molar-refractivity contribution in [2.24, 2.45) is 0 Å². The molecule has 0 saturated heterocycles. The molecule has 0 spiro atoms. The van der Waals surface area contributed by atoms with Gasteiger partial charge < -0.3 is 14.9 Å². The molecule has 2 N–H and O–H groups in total. The first-order valence-electron chi connectivity index (χ1n) is 6.09. The van der Waals surface area contributed by atoms with E-state index in [2.05, 4.69) is 9.97 Å². The summed E-state index contributed by atoms with van der Waals surface area (Å²) in [7, 11) is 1.63. The van der Waals surface area contributed by atoms with Gasteiger partial charge in [0.2, 0.25) is 5.95 Å². The van der Waals surface area contributed by atoms with Crippen molar-refractivity contribution in [2.45, 2.75) is 0 Å². The Bertz CT molecular complexity index is 724. The van der Waals surface area contributed by atoms with Gasteiger partial charge in [0.15, 0.2) is 5.76 Å². The monoisotopic (exact) mass is 267 g/mol. The molecule has 1 aromatic carbocycles. The van der Waals surface area contributed by atoms with Gasteiger partial charge in [-0.05, 0) is 30.3 Å². The molecule has 0 aliphatic carbocycles. The van der Waals surface area contributed by atoms with Gasteiger partial charge in [0.25, 0.3) is 0 Å². The maximum Gasteiger partial charge on any atom is 0.221 e. The third kappa shape index (κ3) is 2.33. The lowest BCUT2D eigenvalue weighted by Crippen LogP contribution is -1.98. The van der Waals surface area contributed by atoms with Crippen molar-refractivity contribution in [2.75, 3.05) is 12.8 Å². The minimum atomic E-state index is 0.205. The van der Waals surface area contributed by atoms with Crippen molar-refractivity contribution in [1.82, 2.24) is 9.97 Å². The summed E-state index contributed by atoms with van der Waals surface area (Å²) in [6.07, 6.45) is 1.60. The zero-order valence-electron chi connectivity index (χ0n) is 10.9. The Morgan fingerprint density at radius 1 is 1.05 bits per heavy atom. The zero-order valence-corrected chi connectivity index (χ0v) is 10.9. The number of hydrogen-bond donors (Lipinski definition) is 1. The molecule has 5 heteroatoms. The van der Waals surface area contributed by atoms with E-state index in [4.69, 9.17) is 14.9 Å². The van der Waals surface area contributed by atoms with E-state index in [-0.39, 0.29) is 5.95 Å². The van der Waals surface area contributed by atoms with Crippen LogP contribution in [0.15, 0.2) is 53.1 Å². The molecule has 3 rings (SSSR count). The van der Waals surface area contributed by atoms with Gasteiger partial charge in [-0.25, -0.2) is 9.97 Å². The fourth-order valence-corrected chi connectivity index (χ4v) is 1.95. The molecule has 0 radical (unpaired) electrons. The largest absolute Gasteiger partial charge is 0.497 e. The predicted molar refractivity (Wildman–Crippen MR) is 76.1 cm³/mol. The van der Waals surface area contributed by atoms with Crippen LogP contribution in [0.1, 0.15) is 0 Å². The fraction of sp³-hybridized carbons (Fsp3) is 0.0667. The Hall–Kier alpha value is -2.82. The predicted octanol–water partition coefficient (Wildman–Crippen LogP) is 2.99. The summed E-state index contributed by atoms with van der Waals surface area (Å²) in [4.78, 5) is 8.44. The molecular formula is C15H13N3O2. The summed E-state index contributed by atoms with van der Waals surface area (Å²) in [5.74, 6) is 1.62. The molecule has 0 amide bonds. The second-order valence-electron chi connectivity index (χ2n) is 4.21. The quantitative estimate of drug-likeness (QED) is 0.789. The van der Waals surface area contributed by atoms with Crippen LogP contribution in [0.4, 0.5) is 5.95 Å². The molecule has 0 aliphatic rings. The molecule has 2 aromatic heterocycles. The number of hydrogen-bond acceptors (Lipinski definition) is 5. The van der Waals surface area contributed by atoms with Crippen molar-refractivity contribution in [3.05, 3.63) is 48.7 Å². The van der Waals surface area contributed by atoms with Crippen molar-refractivity contribution in [1.29, 1.82) is 0 Å². The van der Waals surface area contributed by atoms with Crippen LogP contribution in [0.3, 0.4) is 0 Å². The van der Waals surface area contributed by atoms with Crippen molar-refractivity contribution in [3.63, 3.8) is 0 Å². The number of nitrogens with two attached hydrogens (primary N) is 1. The van der Waals surface area contributed by atoms with Gasteiger partial charge in [0.05, 0.1) is 19.1 Å². The molecule has 0 fully saturated rings. The lowest BCUT2D eigenvalue weighted by molar-refractivity contribution is 0.415. The summed E-state index contributed by atoms with van der Waals surface area (Å²) in [5.41, 5.74) is 8.06. The second-order valence-corrected chi connectivity index (χ2v) is 4.21. The standard InChI is InChI=1S/C15H13N3O2/c1-19-11-5-2-4-10(8-11)12-9-13(18-15(16)17-12)14-6-3-7-20-14/h2-9H,1H3,(H2,16,17,18). The van der Waals surface area contributed by atoms with Gasteiger partial charge in [-0.2, -0.15) is 0 Å². The van der Waals surface area contributed by atoms with E-state index in [1.807, 2.05) is 36.4 Å². The molecule has 20 heavy (non-hydrogen) atoms. The first kappa shape index (κ1) is 12.2. The molecular weight excluding hydrogens is 254 g/mol. The van der Waals surface area contributed by atoms with E-state index in [9.17, 15) is 0 Å². The number of anilines is 1. The number of furan rings is 1. The first-order valence-corrected chi connectivity index (χ1v) is 6.09. The van der Waals surface area contributed by atoms with E-state index < -0.39 is 0 Å². The summed E-state index contributed by atoms with van der Waals surface area (Å²) < 4.78 is 10.6. The van der Waals surface area contributed by atoms with Crippen LogP contribution in [0.5, 0.6) is 5.75 Å². The number of ether oxygens (including phenoxy) is 1. The molecule has 100 valence electrons. The highest BCUT2D eigenvalue weighted by molar-refractivity contribution is 5.67.